The van der Waals surface area contributed by atoms with Crippen LogP contribution in [-0.2, 0) is 10.8 Å². The summed E-state index contributed by atoms with van der Waals surface area (Å²) < 4.78 is 0. The molecule has 0 saturated carbocycles. The second-order valence-corrected chi connectivity index (χ2v) is 12.0. The minimum absolute atomic E-state index is 0.00619. The molecule has 0 atom stereocenters. The predicted octanol–water partition coefficient (Wildman–Crippen LogP) is 10.3. The van der Waals surface area contributed by atoms with E-state index in [0.29, 0.717) is 0 Å². The van der Waals surface area contributed by atoms with Crippen LogP contribution >= 0.6 is 11.6 Å². The zero-order valence-electron chi connectivity index (χ0n) is 21.7. The van der Waals surface area contributed by atoms with Crippen molar-refractivity contribution in [3.05, 3.63) is 130 Å². The van der Waals surface area contributed by atoms with Crippen LogP contribution in [0.25, 0.3) is 44.5 Å². The molecule has 5 aromatic carbocycles. The van der Waals surface area contributed by atoms with Crippen molar-refractivity contribution < 1.29 is 0 Å². The molecular formula is C36H29Cl. The standard InChI is InChI=1S/C36H29Cl/c1-35(2)31-8-6-5-7-27(31)28-17-12-24(20-32(28)35)25-13-18-30-29-16-11-23(22-9-14-26(37)15-10-22)19-33(29)36(3,4)34(30)21-25/h5-21H,1-4H3. The highest BCUT2D eigenvalue weighted by atomic mass is 35.5. The minimum atomic E-state index is -0.0741. The number of halogens is 1. The summed E-state index contributed by atoms with van der Waals surface area (Å²) in [6, 6.07) is 38.0. The Labute approximate surface area is 224 Å². The average molecular weight is 497 g/mol. The summed E-state index contributed by atoms with van der Waals surface area (Å²) in [6.45, 7) is 9.41. The fraction of sp³-hybridized carbons (Fsp3) is 0.167. The molecule has 0 radical (unpaired) electrons. The molecular weight excluding hydrogens is 468 g/mol. The Kier molecular flexibility index (Phi) is 4.70. The first-order chi connectivity index (χ1) is 17.7. The first-order valence-electron chi connectivity index (χ1n) is 13.1. The van der Waals surface area contributed by atoms with Gasteiger partial charge in [-0.15, -0.1) is 0 Å². The molecule has 0 aliphatic heterocycles. The molecule has 1 heteroatoms. The summed E-state index contributed by atoms with van der Waals surface area (Å²) in [5.74, 6) is 0. The molecule has 0 aromatic heterocycles. The Hall–Kier alpha value is -3.61. The fourth-order valence-corrected chi connectivity index (χ4v) is 6.75. The van der Waals surface area contributed by atoms with Crippen LogP contribution < -0.4 is 0 Å². The third-order valence-corrected chi connectivity index (χ3v) is 9.02. The summed E-state index contributed by atoms with van der Waals surface area (Å²) in [4.78, 5) is 0. The van der Waals surface area contributed by atoms with Crippen molar-refractivity contribution in [3.63, 3.8) is 0 Å². The second-order valence-electron chi connectivity index (χ2n) is 11.6. The van der Waals surface area contributed by atoms with Crippen LogP contribution in [0.4, 0.5) is 0 Å². The van der Waals surface area contributed by atoms with Crippen LogP contribution in [0.5, 0.6) is 0 Å². The summed E-state index contributed by atoms with van der Waals surface area (Å²) in [5.41, 5.74) is 16.0. The number of fused-ring (bicyclic) bond motifs is 6. The zero-order valence-corrected chi connectivity index (χ0v) is 22.4. The number of hydrogen-bond acceptors (Lipinski definition) is 0. The van der Waals surface area contributed by atoms with Gasteiger partial charge >= 0.3 is 0 Å². The summed E-state index contributed by atoms with van der Waals surface area (Å²) in [5, 5.41) is 0.768. The van der Waals surface area contributed by atoms with E-state index in [2.05, 4.69) is 119 Å². The molecule has 0 N–H and O–H groups in total. The Morgan fingerprint density at radius 2 is 0.784 bits per heavy atom. The molecule has 7 rings (SSSR count). The molecule has 5 aromatic rings. The predicted molar refractivity (Wildman–Crippen MR) is 157 cm³/mol. The van der Waals surface area contributed by atoms with Gasteiger partial charge in [-0.2, -0.15) is 0 Å². The quantitative estimate of drug-likeness (QED) is 0.228. The maximum Gasteiger partial charge on any atom is 0.0406 e. The Balaban J connectivity index is 1.31. The van der Waals surface area contributed by atoms with Gasteiger partial charge in [-0.1, -0.05) is 112 Å². The molecule has 37 heavy (non-hydrogen) atoms. The monoisotopic (exact) mass is 496 g/mol. The van der Waals surface area contributed by atoms with Crippen molar-refractivity contribution in [3.8, 4) is 44.5 Å². The molecule has 0 saturated heterocycles. The number of rotatable bonds is 2. The first-order valence-corrected chi connectivity index (χ1v) is 13.4. The second kappa shape index (κ2) is 7.70. The third-order valence-electron chi connectivity index (χ3n) is 8.77. The van der Waals surface area contributed by atoms with E-state index in [1.807, 2.05) is 12.1 Å². The molecule has 0 spiro atoms. The van der Waals surface area contributed by atoms with Crippen LogP contribution in [0.3, 0.4) is 0 Å². The van der Waals surface area contributed by atoms with Gasteiger partial charge in [0, 0.05) is 15.9 Å². The highest BCUT2D eigenvalue weighted by Gasteiger charge is 2.37. The first kappa shape index (κ1) is 22.6. The van der Waals surface area contributed by atoms with Gasteiger partial charge in [-0.05, 0) is 97.1 Å². The van der Waals surface area contributed by atoms with E-state index in [1.54, 1.807) is 0 Å². The van der Waals surface area contributed by atoms with Gasteiger partial charge in [-0.25, -0.2) is 0 Å². The molecule has 2 aliphatic carbocycles. The normalized spacial score (nSPS) is 15.6. The van der Waals surface area contributed by atoms with E-state index in [4.69, 9.17) is 11.6 Å². The molecule has 180 valence electrons. The lowest BCUT2D eigenvalue weighted by atomic mass is 9.80. The Morgan fingerprint density at radius 3 is 1.30 bits per heavy atom. The van der Waals surface area contributed by atoms with Crippen LogP contribution in [-0.4, -0.2) is 0 Å². The van der Waals surface area contributed by atoms with Gasteiger partial charge in [-0.3, -0.25) is 0 Å². The Morgan fingerprint density at radius 1 is 0.405 bits per heavy atom. The smallest absolute Gasteiger partial charge is 0.0406 e. The lowest BCUT2D eigenvalue weighted by Gasteiger charge is -2.23. The molecule has 0 unspecified atom stereocenters. The van der Waals surface area contributed by atoms with Gasteiger partial charge in [0.15, 0.2) is 0 Å². The van der Waals surface area contributed by atoms with E-state index in [1.165, 1.54) is 66.8 Å². The largest absolute Gasteiger partial charge is 0.0843 e. The summed E-state index contributed by atoms with van der Waals surface area (Å²) in [7, 11) is 0. The summed E-state index contributed by atoms with van der Waals surface area (Å²) >= 11 is 6.13. The average Bonchev–Trinajstić information content (AvgIpc) is 3.28. The van der Waals surface area contributed by atoms with Gasteiger partial charge in [0.05, 0.1) is 0 Å². The van der Waals surface area contributed by atoms with Gasteiger partial charge in [0.25, 0.3) is 0 Å². The van der Waals surface area contributed by atoms with Crippen LogP contribution in [0.15, 0.2) is 103 Å². The molecule has 0 fully saturated rings. The van der Waals surface area contributed by atoms with E-state index < -0.39 is 0 Å². The molecule has 0 nitrogen and oxygen atoms in total. The molecule has 2 aliphatic rings. The maximum atomic E-state index is 6.13. The van der Waals surface area contributed by atoms with Crippen molar-refractivity contribution >= 4 is 11.6 Å². The van der Waals surface area contributed by atoms with Gasteiger partial charge in [0.1, 0.15) is 0 Å². The lowest BCUT2D eigenvalue weighted by molar-refractivity contribution is 0.659. The van der Waals surface area contributed by atoms with Crippen molar-refractivity contribution in [2.75, 3.05) is 0 Å². The van der Waals surface area contributed by atoms with E-state index in [-0.39, 0.29) is 10.8 Å². The third kappa shape index (κ3) is 3.22. The molecule has 0 amide bonds. The SMILES string of the molecule is CC1(C)c2ccccc2-c2ccc(-c3ccc4c(c3)C(C)(C)c3cc(-c5ccc(Cl)cc5)ccc3-4)cc21. The highest BCUT2D eigenvalue weighted by molar-refractivity contribution is 6.30. The van der Waals surface area contributed by atoms with Crippen LogP contribution in [0.1, 0.15) is 49.9 Å². The molecule has 0 heterocycles. The maximum absolute atomic E-state index is 6.13. The van der Waals surface area contributed by atoms with Crippen molar-refractivity contribution in [2.45, 2.75) is 38.5 Å². The van der Waals surface area contributed by atoms with E-state index in [0.717, 1.165) is 5.02 Å². The molecule has 0 bridgehead atoms. The van der Waals surface area contributed by atoms with Gasteiger partial charge < -0.3 is 0 Å². The van der Waals surface area contributed by atoms with Crippen molar-refractivity contribution in [1.82, 2.24) is 0 Å². The topological polar surface area (TPSA) is 0 Å². The fourth-order valence-electron chi connectivity index (χ4n) is 6.62. The van der Waals surface area contributed by atoms with Gasteiger partial charge in [0.2, 0.25) is 0 Å². The number of hydrogen-bond donors (Lipinski definition) is 0. The highest BCUT2D eigenvalue weighted by Crippen LogP contribution is 2.52. The van der Waals surface area contributed by atoms with E-state index >= 15 is 0 Å². The van der Waals surface area contributed by atoms with Crippen LogP contribution in [0, 0.1) is 0 Å². The van der Waals surface area contributed by atoms with Crippen molar-refractivity contribution in [1.29, 1.82) is 0 Å². The lowest BCUT2D eigenvalue weighted by Crippen LogP contribution is -2.15. The Bertz CT molecular complexity index is 1720. The zero-order chi connectivity index (χ0) is 25.5. The minimum Gasteiger partial charge on any atom is -0.0843 e. The number of benzene rings is 5. The van der Waals surface area contributed by atoms with Crippen molar-refractivity contribution in [2.24, 2.45) is 0 Å². The van der Waals surface area contributed by atoms with E-state index in [9.17, 15) is 0 Å². The van der Waals surface area contributed by atoms with Crippen LogP contribution in [0.2, 0.25) is 5.02 Å². The summed E-state index contributed by atoms with van der Waals surface area (Å²) in [6.07, 6.45) is 0.